The van der Waals surface area contributed by atoms with Crippen LogP contribution in [0.25, 0.3) is 0 Å². The van der Waals surface area contributed by atoms with Crippen LogP contribution in [0.5, 0.6) is 0 Å². The smallest absolute Gasteiger partial charge is 0.352 e. The minimum atomic E-state index is -4.90. The van der Waals surface area contributed by atoms with Crippen LogP contribution in [-0.2, 0) is 23.7 Å². The van der Waals surface area contributed by atoms with Gasteiger partial charge in [-0.3, -0.25) is 4.79 Å². The topological polar surface area (TPSA) is 29.1 Å². The van der Waals surface area contributed by atoms with Crippen LogP contribution in [0.3, 0.4) is 0 Å². The number of alkyl halides is 6. The molecule has 1 saturated carbocycles. The van der Waals surface area contributed by atoms with Gasteiger partial charge in [-0.05, 0) is 43.0 Å². The zero-order valence-corrected chi connectivity index (χ0v) is 12.5. The van der Waals surface area contributed by atoms with Gasteiger partial charge in [-0.25, -0.2) is 0 Å². The fourth-order valence-corrected chi connectivity index (χ4v) is 2.61. The molecule has 0 saturated heterocycles. The van der Waals surface area contributed by atoms with E-state index in [2.05, 4.69) is 11.9 Å². The van der Waals surface area contributed by atoms with Gasteiger partial charge in [0.25, 0.3) is 0 Å². The number of amides is 1. The number of hydrogen-bond donors (Lipinski definition) is 1. The van der Waals surface area contributed by atoms with Gasteiger partial charge in [0.2, 0.25) is 5.91 Å². The summed E-state index contributed by atoms with van der Waals surface area (Å²) in [6, 6.07) is 1.29. The average molecular weight is 351 g/mol. The van der Waals surface area contributed by atoms with Gasteiger partial charge in [-0.1, -0.05) is 12.2 Å². The first-order chi connectivity index (χ1) is 11.0. The molecule has 1 aromatic rings. The molecule has 1 amide bonds. The highest BCUT2D eigenvalue weighted by molar-refractivity contribution is 5.79. The van der Waals surface area contributed by atoms with E-state index in [-0.39, 0.29) is 23.5 Å². The van der Waals surface area contributed by atoms with E-state index in [1.165, 1.54) is 0 Å². The standard InChI is InChI=1S/C16H15F6NO/c1-9-2-3-11(4-9)14(24)23-8-10-5-12(15(17,18)19)7-13(6-10)16(20,21)22/h5-7,11H,1-4,8H2,(H,23,24). The Morgan fingerprint density at radius 2 is 1.62 bits per heavy atom. The van der Waals surface area contributed by atoms with E-state index >= 15 is 0 Å². The molecule has 132 valence electrons. The molecule has 2 nitrogen and oxygen atoms in total. The number of halogens is 6. The summed E-state index contributed by atoms with van der Waals surface area (Å²) in [6.07, 6.45) is -8.03. The van der Waals surface area contributed by atoms with E-state index in [4.69, 9.17) is 0 Å². The monoisotopic (exact) mass is 351 g/mol. The van der Waals surface area contributed by atoms with Gasteiger partial charge in [0.1, 0.15) is 0 Å². The van der Waals surface area contributed by atoms with Crippen LogP contribution >= 0.6 is 0 Å². The molecule has 8 heteroatoms. The van der Waals surface area contributed by atoms with Crippen molar-refractivity contribution >= 4 is 5.91 Å². The normalized spacial score (nSPS) is 18.8. The summed E-state index contributed by atoms with van der Waals surface area (Å²) in [5.74, 6) is -0.718. The zero-order valence-electron chi connectivity index (χ0n) is 12.5. The Balaban J connectivity index is 2.17. The van der Waals surface area contributed by atoms with Gasteiger partial charge < -0.3 is 5.32 Å². The van der Waals surface area contributed by atoms with Crippen molar-refractivity contribution in [2.45, 2.75) is 38.2 Å². The molecule has 1 aliphatic carbocycles. The van der Waals surface area contributed by atoms with Crippen molar-refractivity contribution in [1.29, 1.82) is 0 Å². The third-order valence-electron chi connectivity index (χ3n) is 3.87. The molecular weight excluding hydrogens is 336 g/mol. The second-order valence-electron chi connectivity index (χ2n) is 5.82. The van der Waals surface area contributed by atoms with Gasteiger partial charge in [0.15, 0.2) is 0 Å². The summed E-state index contributed by atoms with van der Waals surface area (Å²) in [6.45, 7) is 3.36. The third kappa shape index (κ3) is 4.52. The first-order valence-electron chi connectivity index (χ1n) is 7.19. The van der Waals surface area contributed by atoms with E-state index in [1.807, 2.05) is 0 Å². The number of benzene rings is 1. The molecule has 0 aromatic heterocycles. The number of hydrogen-bond acceptors (Lipinski definition) is 1. The van der Waals surface area contributed by atoms with Crippen LogP contribution in [0, 0.1) is 5.92 Å². The zero-order chi connectivity index (χ0) is 18.1. The molecule has 24 heavy (non-hydrogen) atoms. The van der Waals surface area contributed by atoms with Crippen LogP contribution in [0.15, 0.2) is 30.4 Å². The Morgan fingerprint density at radius 1 is 1.08 bits per heavy atom. The van der Waals surface area contributed by atoms with Crippen LogP contribution in [0.2, 0.25) is 0 Å². The quantitative estimate of drug-likeness (QED) is 0.621. The van der Waals surface area contributed by atoms with Crippen molar-refractivity contribution in [2.75, 3.05) is 0 Å². The second-order valence-corrected chi connectivity index (χ2v) is 5.82. The highest BCUT2D eigenvalue weighted by Gasteiger charge is 2.37. The summed E-state index contributed by atoms with van der Waals surface area (Å²) in [5.41, 5.74) is -2.12. The van der Waals surface area contributed by atoms with Crippen molar-refractivity contribution < 1.29 is 31.1 Å². The first-order valence-corrected chi connectivity index (χ1v) is 7.19. The van der Waals surface area contributed by atoms with E-state index < -0.39 is 30.0 Å². The van der Waals surface area contributed by atoms with E-state index in [9.17, 15) is 31.1 Å². The molecule has 0 aliphatic heterocycles. The molecule has 0 radical (unpaired) electrons. The van der Waals surface area contributed by atoms with E-state index in [1.54, 1.807) is 0 Å². The van der Waals surface area contributed by atoms with E-state index in [0.29, 0.717) is 31.4 Å². The first kappa shape index (κ1) is 18.4. The van der Waals surface area contributed by atoms with Crippen molar-refractivity contribution in [1.82, 2.24) is 5.32 Å². The van der Waals surface area contributed by atoms with Crippen LogP contribution in [0.1, 0.15) is 36.0 Å². The Hall–Kier alpha value is -1.99. The number of carbonyl (C=O) groups excluding carboxylic acids is 1. The molecule has 1 N–H and O–H groups in total. The fraction of sp³-hybridized carbons (Fsp3) is 0.438. The van der Waals surface area contributed by atoms with Gasteiger partial charge in [0.05, 0.1) is 11.1 Å². The lowest BCUT2D eigenvalue weighted by molar-refractivity contribution is -0.143. The number of nitrogens with one attached hydrogen (secondary N) is 1. The van der Waals surface area contributed by atoms with Crippen molar-refractivity contribution in [2.24, 2.45) is 5.92 Å². The SMILES string of the molecule is C=C1CCC(C(=O)NCc2cc(C(F)(F)F)cc(C(F)(F)F)c2)C1. The highest BCUT2D eigenvalue weighted by atomic mass is 19.4. The molecule has 0 heterocycles. The summed E-state index contributed by atoms with van der Waals surface area (Å²) in [7, 11) is 0. The predicted octanol–water partition coefficient (Wildman–Crippen LogP) is 4.70. The minimum absolute atomic E-state index is 0.0618. The summed E-state index contributed by atoms with van der Waals surface area (Å²) in [5, 5.41) is 2.40. The molecule has 0 spiro atoms. The molecule has 1 aromatic carbocycles. The molecule has 1 fully saturated rings. The lowest BCUT2D eigenvalue weighted by atomic mass is 10.0. The molecule has 1 aliphatic rings. The largest absolute Gasteiger partial charge is 0.416 e. The molecule has 0 bridgehead atoms. The van der Waals surface area contributed by atoms with Gasteiger partial charge in [-0.15, -0.1) is 0 Å². The number of carbonyl (C=O) groups is 1. The van der Waals surface area contributed by atoms with Gasteiger partial charge in [-0.2, -0.15) is 26.3 Å². The predicted molar refractivity (Wildman–Crippen MR) is 74.8 cm³/mol. The maximum atomic E-state index is 12.8. The number of allylic oxidation sites excluding steroid dienone is 1. The second kappa shape index (κ2) is 6.49. The van der Waals surface area contributed by atoms with Crippen molar-refractivity contribution in [3.8, 4) is 0 Å². The lowest BCUT2D eigenvalue weighted by Gasteiger charge is -2.15. The molecular formula is C16H15F6NO. The van der Waals surface area contributed by atoms with Crippen molar-refractivity contribution in [3.63, 3.8) is 0 Å². The molecule has 1 unspecified atom stereocenters. The Bertz CT molecular complexity index is 615. The molecule has 2 rings (SSSR count). The van der Waals surface area contributed by atoms with Gasteiger partial charge in [0, 0.05) is 12.5 Å². The Kier molecular flexibility index (Phi) is 4.96. The maximum absolute atomic E-state index is 12.8. The summed E-state index contributed by atoms with van der Waals surface area (Å²) in [4.78, 5) is 11.9. The minimum Gasteiger partial charge on any atom is -0.352 e. The molecule has 1 atom stereocenters. The average Bonchev–Trinajstić information content (AvgIpc) is 2.89. The number of rotatable bonds is 3. The summed E-state index contributed by atoms with van der Waals surface area (Å²) < 4.78 is 76.6. The Morgan fingerprint density at radius 3 is 2.04 bits per heavy atom. The van der Waals surface area contributed by atoms with Crippen LogP contribution in [-0.4, -0.2) is 5.91 Å². The van der Waals surface area contributed by atoms with E-state index in [0.717, 1.165) is 5.57 Å². The third-order valence-corrected chi connectivity index (χ3v) is 3.87. The maximum Gasteiger partial charge on any atom is 0.416 e. The van der Waals surface area contributed by atoms with Crippen LogP contribution in [0.4, 0.5) is 26.3 Å². The summed E-state index contributed by atoms with van der Waals surface area (Å²) >= 11 is 0. The van der Waals surface area contributed by atoms with Gasteiger partial charge >= 0.3 is 12.4 Å². The fourth-order valence-electron chi connectivity index (χ4n) is 2.61. The van der Waals surface area contributed by atoms with Crippen molar-refractivity contribution in [3.05, 3.63) is 47.0 Å². The lowest BCUT2D eigenvalue weighted by Crippen LogP contribution is -2.29. The highest BCUT2D eigenvalue weighted by Crippen LogP contribution is 2.36. The Labute approximate surface area is 134 Å². The van der Waals surface area contributed by atoms with Crippen LogP contribution < -0.4 is 5.32 Å².